The summed E-state index contributed by atoms with van der Waals surface area (Å²) in [6, 6.07) is 0. The van der Waals surface area contributed by atoms with E-state index in [2.05, 4.69) is 0 Å². The molecule has 0 aromatic rings. The van der Waals surface area contributed by atoms with E-state index in [1.54, 1.807) is 20.8 Å². The number of amides is 2. The van der Waals surface area contributed by atoms with Crippen molar-refractivity contribution in [1.82, 2.24) is 4.90 Å². The molecule has 96 valence electrons. The first kappa shape index (κ1) is 13.5. The minimum absolute atomic E-state index is 0.0437. The van der Waals surface area contributed by atoms with E-state index in [9.17, 15) is 14.4 Å². The Labute approximate surface area is 99.5 Å². The predicted molar refractivity (Wildman–Crippen MR) is 58.4 cm³/mol. The lowest BCUT2D eigenvalue weighted by Crippen LogP contribution is -2.53. The Bertz CT molecular complexity index is 371. The average molecular weight is 243 g/mol. The Hall–Kier alpha value is -1.59. The van der Waals surface area contributed by atoms with Crippen LogP contribution >= 0.6 is 0 Å². The van der Waals surface area contributed by atoms with E-state index in [0.717, 1.165) is 0 Å². The Balaban J connectivity index is 2.97. The van der Waals surface area contributed by atoms with Crippen LogP contribution in [-0.4, -0.2) is 39.1 Å². The van der Waals surface area contributed by atoms with Gasteiger partial charge in [-0.15, -0.1) is 0 Å². The summed E-state index contributed by atoms with van der Waals surface area (Å²) in [5, 5.41) is 9.11. The molecule has 1 fully saturated rings. The zero-order valence-corrected chi connectivity index (χ0v) is 10.4. The molecule has 0 saturated carbocycles. The molecule has 1 aliphatic heterocycles. The van der Waals surface area contributed by atoms with Gasteiger partial charge in [0.25, 0.3) is 0 Å². The van der Waals surface area contributed by atoms with E-state index in [0.29, 0.717) is 4.90 Å². The standard InChI is InChI=1S/C11H17NO5/c1-10(2,3)17-9(16)12-7(13)5-6-11(12,4)8(14)15/h5-6H2,1-4H3,(H,14,15). The van der Waals surface area contributed by atoms with Gasteiger partial charge in [-0.25, -0.2) is 14.5 Å². The second kappa shape index (κ2) is 4.01. The zero-order chi connectivity index (χ0) is 13.4. The Kier molecular flexibility index (Phi) is 3.18. The van der Waals surface area contributed by atoms with Gasteiger partial charge in [0.2, 0.25) is 5.91 Å². The van der Waals surface area contributed by atoms with Crippen LogP contribution in [0.25, 0.3) is 0 Å². The first-order chi connectivity index (χ1) is 7.58. The molecule has 1 atom stereocenters. The molecule has 0 spiro atoms. The van der Waals surface area contributed by atoms with Crippen LogP contribution < -0.4 is 0 Å². The van der Waals surface area contributed by atoms with E-state index in [-0.39, 0.29) is 12.8 Å². The molecule has 0 aliphatic carbocycles. The smallest absolute Gasteiger partial charge is 0.418 e. The van der Waals surface area contributed by atoms with Gasteiger partial charge in [-0.3, -0.25) is 4.79 Å². The van der Waals surface area contributed by atoms with Crippen molar-refractivity contribution in [1.29, 1.82) is 0 Å². The maximum atomic E-state index is 11.8. The summed E-state index contributed by atoms with van der Waals surface area (Å²) in [4.78, 5) is 35.3. The highest BCUT2D eigenvalue weighted by molar-refractivity contribution is 6.01. The van der Waals surface area contributed by atoms with Crippen LogP contribution in [0.1, 0.15) is 40.5 Å². The molecule has 1 unspecified atom stereocenters. The van der Waals surface area contributed by atoms with Crippen molar-refractivity contribution in [3.05, 3.63) is 0 Å². The van der Waals surface area contributed by atoms with Crippen LogP contribution in [0.4, 0.5) is 4.79 Å². The first-order valence-corrected chi connectivity index (χ1v) is 5.37. The maximum absolute atomic E-state index is 11.8. The molecule has 1 saturated heterocycles. The Morgan fingerprint density at radius 1 is 1.41 bits per heavy atom. The number of nitrogens with zero attached hydrogens (tertiary/aromatic N) is 1. The molecule has 0 aromatic heterocycles. The van der Waals surface area contributed by atoms with E-state index in [1.165, 1.54) is 6.92 Å². The van der Waals surface area contributed by atoms with Gasteiger partial charge in [-0.2, -0.15) is 0 Å². The summed E-state index contributed by atoms with van der Waals surface area (Å²) >= 11 is 0. The highest BCUT2D eigenvalue weighted by atomic mass is 16.6. The molecule has 1 rings (SSSR count). The molecule has 1 heterocycles. The third kappa shape index (κ3) is 2.57. The van der Waals surface area contributed by atoms with E-state index < -0.39 is 29.1 Å². The van der Waals surface area contributed by atoms with Crippen molar-refractivity contribution < 1.29 is 24.2 Å². The van der Waals surface area contributed by atoms with Gasteiger partial charge in [-0.1, -0.05) is 0 Å². The summed E-state index contributed by atoms with van der Waals surface area (Å²) in [5.41, 5.74) is -2.27. The number of likely N-dealkylation sites (tertiary alicyclic amines) is 1. The number of ether oxygens (including phenoxy) is 1. The number of aliphatic carboxylic acids is 1. The molecular formula is C11H17NO5. The fourth-order valence-electron chi connectivity index (χ4n) is 1.66. The number of carboxylic acids is 1. The molecule has 2 amide bonds. The summed E-state index contributed by atoms with van der Waals surface area (Å²) in [6.07, 6.45) is -0.743. The van der Waals surface area contributed by atoms with Gasteiger partial charge < -0.3 is 9.84 Å². The van der Waals surface area contributed by atoms with Gasteiger partial charge >= 0.3 is 12.1 Å². The number of carboxylic acid groups (broad SMARTS) is 1. The second-order valence-electron chi connectivity index (χ2n) is 5.29. The Morgan fingerprint density at radius 2 is 1.94 bits per heavy atom. The van der Waals surface area contributed by atoms with Gasteiger partial charge in [0.15, 0.2) is 0 Å². The van der Waals surface area contributed by atoms with Crippen molar-refractivity contribution in [2.24, 2.45) is 0 Å². The van der Waals surface area contributed by atoms with E-state index >= 15 is 0 Å². The van der Waals surface area contributed by atoms with Crippen LogP contribution in [0.15, 0.2) is 0 Å². The largest absolute Gasteiger partial charge is 0.479 e. The predicted octanol–water partition coefficient (Wildman–Crippen LogP) is 1.39. The maximum Gasteiger partial charge on any atom is 0.418 e. The average Bonchev–Trinajstić information content (AvgIpc) is 2.40. The summed E-state index contributed by atoms with van der Waals surface area (Å²) in [7, 11) is 0. The minimum Gasteiger partial charge on any atom is -0.479 e. The van der Waals surface area contributed by atoms with Crippen LogP contribution in [-0.2, 0) is 14.3 Å². The number of imide groups is 1. The first-order valence-electron chi connectivity index (χ1n) is 5.37. The fraction of sp³-hybridized carbons (Fsp3) is 0.727. The summed E-state index contributed by atoms with van der Waals surface area (Å²) in [5.74, 6) is -1.71. The highest BCUT2D eigenvalue weighted by Crippen LogP contribution is 2.31. The number of carbonyl (C=O) groups is 3. The van der Waals surface area contributed by atoms with Crippen molar-refractivity contribution in [2.75, 3.05) is 0 Å². The van der Waals surface area contributed by atoms with Crippen molar-refractivity contribution >= 4 is 18.0 Å². The molecule has 0 bridgehead atoms. The van der Waals surface area contributed by atoms with Gasteiger partial charge in [0.05, 0.1) is 0 Å². The quantitative estimate of drug-likeness (QED) is 0.752. The molecule has 6 heteroatoms. The zero-order valence-electron chi connectivity index (χ0n) is 10.4. The van der Waals surface area contributed by atoms with Crippen molar-refractivity contribution in [3.63, 3.8) is 0 Å². The topological polar surface area (TPSA) is 83.9 Å². The molecule has 6 nitrogen and oxygen atoms in total. The molecule has 0 aromatic carbocycles. The number of hydrogen-bond acceptors (Lipinski definition) is 4. The van der Waals surface area contributed by atoms with Crippen LogP contribution in [0.2, 0.25) is 0 Å². The van der Waals surface area contributed by atoms with E-state index in [1.807, 2.05) is 0 Å². The number of hydrogen-bond donors (Lipinski definition) is 1. The Morgan fingerprint density at radius 3 is 2.35 bits per heavy atom. The summed E-state index contributed by atoms with van der Waals surface area (Å²) in [6.45, 7) is 6.32. The molecule has 0 radical (unpaired) electrons. The third-order valence-electron chi connectivity index (χ3n) is 2.61. The van der Waals surface area contributed by atoms with Crippen molar-refractivity contribution in [2.45, 2.75) is 51.7 Å². The van der Waals surface area contributed by atoms with Gasteiger partial charge in [0.1, 0.15) is 11.1 Å². The summed E-state index contributed by atoms with van der Waals surface area (Å²) < 4.78 is 5.04. The number of carbonyl (C=O) groups excluding carboxylic acids is 2. The third-order valence-corrected chi connectivity index (χ3v) is 2.61. The lowest BCUT2D eigenvalue weighted by Gasteiger charge is -2.31. The van der Waals surface area contributed by atoms with Gasteiger partial charge in [-0.05, 0) is 34.1 Å². The van der Waals surface area contributed by atoms with Crippen molar-refractivity contribution in [3.8, 4) is 0 Å². The highest BCUT2D eigenvalue weighted by Gasteiger charge is 2.52. The molecule has 1 aliphatic rings. The molecule has 1 N–H and O–H groups in total. The lowest BCUT2D eigenvalue weighted by atomic mass is 10.00. The monoisotopic (exact) mass is 243 g/mol. The SMILES string of the molecule is CC(C)(C)OC(=O)N1C(=O)CCC1(C)C(=O)O. The second-order valence-corrected chi connectivity index (χ2v) is 5.29. The minimum atomic E-state index is -1.50. The van der Waals surface area contributed by atoms with Crippen LogP contribution in [0.3, 0.4) is 0 Å². The van der Waals surface area contributed by atoms with E-state index in [4.69, 9.17) is 9.84 Å². The molecule has 17 heavy (non-hydrogen) atoms. The van der Waals surface area contributed by atoms with Crippen LogP contribution in [0, 0.1) is 0 Å². The molecular weight excluding hydrogens is 226 g/mol. The fourth-order valence-corrected chi connectivity index (χ4v) is 1.66. The van der Waals surface area contributed by atoms with Gasteiger partial charge in [0, 0.05) is 6.42 Å². The number of rotatable bonds is 1. The lowest BCUT2D eigenvalue weighted by molar-refractivity contribution is -0.152. The normalized spacial score (nSPS) is 24.9. The van der Waals surface area contributed by atoms with Crippen LogP contribution in [0.5, 0.6) is 0 Å².